The van der Waals surface area contributed by atoms with Crippen LogP contribution in [0.3, 0.4) is 0 Å². The standard InChI is InChI=1S/C36H43N3O3.ClH/c40-34(24-37-31-17-16-27-13-6-7-14-28(27)21-31)33(19-25-9-2-1-3-10-25)38-36(42)30-20-29(26-11-4-5-12-26)22-32(23-30)39-18-8-15-35(39)41;/h1-3,6-7,9-10,13-14,20,22-23,26,31,33-34,37,40H,4-5,8,11-12,15-19,21,24H2,(H,38,42);1H/t31?,33-,34-;/m0./s1. The number of aliphatic hydroxyl groups excluding tert-OH is 1. The molecule has 228 valence electrons. The number of hydrogen-bond acceptors (Lipinski definition) is 4. The summed E-state index contributed by atoms with van der Waals surface area (Å²) in [5.74, 6) is 0.345. The van der Waals surface area contributed by atoms with Gasteiger partial charge >= 0.3 is 0 Å². The maximum Gasteiger partial charge on any atom is 0.251 e. The summed E-state index contributed by atoms with van der Waals surface area (Å²) in [5.41, 5.74) is 6.40. The topological polar surface area (TPSA) is 81.7 Å². The van der Waals surface area contributed by atoms with Gasteiger partial charge in [-0.05, 0) is 91.3 Å². The van der Waals surface area contributed by atoms with E-state index in [1.54, 1.807) is 0 Å². The highest BCUT2D eigenvalue weighted by Crippen LogP contribution is 2.37. The molecule has 1 saturated heterocycles. The third kappa shape index (κ3) is 7.67. The molecule has 3 N–H and O–H groups in total. The number of halogens is 1. The molecule has 3 aromatic rings. The van der Waals surface area contributed by atoms with Gasteiger partial charge in [-0.2, -0.15) is 0 Å². The van der Waals surface area contributed by atoms with Gasteiger partial charge in [-0.1, -0.05) is 67.4 Å². The molecule has 0 bridgehead atoms. The molecule has 0 radical (unpaired) electrons. The number of nitrogens with zero attached hydrogens (tertiary/aromatic N) is 1. The predicted molar refractivity (Wildman–Crippen MR) is 174 cm³/mol. The van der Waals surface area contributed by atoms with Crippen LogP contribution in [-0.4, -0.2) is 48.2 Å². The van der Waals surface area contributed by atoms with Gasteiger partial charge in [0, 0.05) is 36.8 Å². The van der Waals surface area contributed by atoms with Crippen molar-refractivity contribution in [3.63, 3.8) is 0 Å². The van der Waals surface area contributed by atoms with Crippen LogP contribution in [-0.2, 0) is 24.1 Å². The van der Waals surface area contributed by atoms with E-state index in [2.05, 4.69) is 41.0 Å². The Morgan fingerprint density at radius 2 is 1.65 bits per heavy atom. The Kier molecular flexibility index (Phi) is 10.6. The third-order valence-electron chi connectivity index (χ3n) is 9.46. The summed E-state index contributed by atoms with van der Waals surface area (Å²) < 4.78 is 0. The average molecular weight is 602 g/mol. The summed E-state index contributed by atoms with van der Waals surface area (Å²) in [5, 5.41) is 18.2. The first-order valence-electron chi connectivity index (χ1n) is 15.8. The van der Waals surface area contributed by atoms with Crippen molar-refractivity contribution in [1.82, 2.24) is 10.6 Å². The number of fused-ring (bicyclic) bond motifs is 1. The van der Waals surface area contributed by atoms with Crippen molar-refractivity contribution >= 4 is 29.9 Å². The fourth-order valence-corrected chi connectivity index (χ4v) is 7.04. The zero-order chi connectivity index (χ0) is 28.9. The number of carbonyl (C=O) groups excluding carboxylic acids is 2. The number of hydrogen-bond donors (Lipinski definition) is 3. The van der Waals surface area contributed by atoms with Crippen LogP contribution in [0.2, 0.25) is 0 Å². The minimum Gasteiger partial charge on any atom is -0.390 e. The second-order valence-corrected chi connectivity index (χ2v) is 12.4. The molecule has 3 aliphatic rings. The number of nitrogens with one attached hydrogen (secondary N) is 2. The Labute approximate surface area is 261 Å². The molecule has 6 rings (SSSR count). The molecule has 43 heavy (non-hydrogen) atoms. The lowest BCUT2D eigenvalue weighted by Crippen LogP contribution is -2.50. The number of benzene rings is 3. The maximum atomic E-state index is 13.9. The van der Waals surface area contributed by atoms with Crippen LogP contribution in [0.1, 0.15) is 83.5 Å². The fourth-order valence-electron chi connectivity index (χ4n) is 7.04. The highest BCUT2D eigenvalue weighted by molar-refractivity contribution is 5.99. The Morgan fingerprint density at radius 3 is 2.40 bits per heavy atom. The molecule has 1 saturated carbocycles. The van der Waals surface area contributed by atoms with Crippen molar-refractivity contribution in [3.05, 3.63) is 101 Å². The van der Waals surface area contributed by atoms with E-state index in [-0.39, 0.29) is 24.2 Å². The first-order chi connectivity index (χ1) is 20.5. The van der Waals surface area contributed by atoms with Crippen molar-refractivity contribution in [3.8, 4) is 0 Å². The number of aryl methyl sites for hydroxylation is 1. The molecule has 1 aliphatic heterocycles. The summed E-state index contributed by atoms with van der Waals surface area (Å²) in [6.45, 7) is 1.10. The molecule has 6 nitrogen and oxygen atoms in total. The van der Waals surface area contributed by atoms with Crippen LogP contribution in [0.25, 0.3) is 0 Å². The smallest absolute Gasteiger partial charge is 0.251 e. The quantitative estimate of drug-likeness (QED) is 0.277. The number of anilines is 1. The van der Waals surface area contributed by atoms with Gasteiger partial charge < -0.3 is 20.6 Å². The van der Waals surface area contributed by atoms with Crippen LogP contribution in [0.15, 0.2) is 72.8 Å². The van der Waals surface area contributed by atoms with E-state index in [4.69, 9.17) is 0 Å². The lowest BCUT2D eigenvalue weighted by Gasteiger charge is -2.29. The molecule has 1 heterocycles. The first-order valence-corrected chi connectivity index (χ1v) is 15.8. The van der Waals surface area contributed by atoms with Gasteiger partial charge in [-0.3, -0.25) is 9.59 Å². The molecule has 3 aromatic carbocycles. The normalized spacial score (nSPS) is 19.9. The highest BCUT2D eigenvalue weighted by atomic mass is 35.5. The first kappa shape index (κ1) is 31.2. The largest absolute Gasteiger partial charge is 0.390 e. The minimum absolute atomic E-state index is 0. The van der Waals surface area contributed by atoms with Crippen LogP contribution in [0, 0.1) is 0 Å². The summed E-state index contributed by atoms with van der Waals surface area (Å²) in [6, 6.07) is 24.5. The van der Waals surface area contributed by atoms with Gasteiger partial charge in [-0.25, -0.2) is 0 Å². The number of carbonyl (C=O) groups is 2. The summed E-state index contributed by atoms with van der Waals surface area (Å²) >= 11 is 0. The molecular formula is C36H44ClN3O3. The molecule has 2 fully saturated rings. The van der Waals surface area contributed by atoms with Crippen molar-refractivity contribution in [2.45, 2.75) is 88.3 Å². The molecule has 3 atom stereocenters. The number of aliphatic hydroxyl groups is 1. The molecule has 0 aromatic heterocycles. The zero-order valence-electron chi connectivity index (χ0n) is 24.8. The molecule has 1 unspecified atom stereocenters. The van der Waals surface area contributed by atoms with Gasteiger partial charge in [0.05, 0.1) is 12.1 Å². The van der Waals surface area contributed by atoms with Gasteiger partial charge in [0.25, 0.3) is 5.91 Å². The van der Waals surface area contributed by atoms with Gasteiger partial charge in [0.1, 0.15) is 0 Å². The molecule has 0 spiro atoms. The van der Waals surface area contributed by atoms with Gasteiger partial charge in [-0.15, -0.1) is 12.4 Å². The van der Waals surface area contributed by atoms with Crippen LogP contribution < -0.4 is 15.5 Å². The van der Waals surface area contributed by atoms with E-state index < -0.39 is 12.1 Å². The Bertz CT molecular complexity index is 1390. The summed E-state index contributed by atoms with van der Waals surface area (Å²) in [7, 11) is 0. The average Bonchev–Trinajstić information content (AvgIpc) is 3.72. The third-order valence-corrected chi connectivity index (χ3v) is 9.46. The van der Waals surface area contributed by atoms with E-state index in [1.807, 2.05) is 47.4 Å². The Hall–Kier alpha value is -3.19. The second-order valence-electron chi connectivity index (χ2n) is 12.4. The lowest BCUT2D eigenvalue weighted by molar-refractivity contribution is -0.117. The van der Waals surface area contributed by atoms with Gasteiger partial charge in [0.2, 0.25) is 5.91 Å². The van der Waals surface area contributed by atoms with Crippen molar-refractivity contribution in [2.75, 3.05) is 18.0 Å². The Balaban J connectivity index is 0.00000368. The maximum absolute atomic E-state index is 13.9. The summed E-state index contributed by atoms with van der Waals surface area (Å²) in [4.78, 5) is 28.3. The van der Waals surface area contributed by atoms with E-state index in [0.29, 0.717) is 43.5 Å². The second kappa shape index (κ2) is 14.5. The van der Waals surface area contributed by atoms with Crippen molar-refractivity contribution < 1.29 is 14.7 Å². The lowest BCUT2D eigenvalue weighted by atomic mass is 9.88. The van der Waals surface area contributed by atoms with Crippen molar-refractivity contribution in [1.29, 1.82) is 0 Å². The SMILES string of the molecule is Cl.O=C(N[C@@H](Cc1ccccc1)[C@@H](O)CNC1CCc2ccccc2C1)c1cc(C2CCCC2)cc(N2CCCC2=O)c1. The van der Waals surface area contributed by atoms with Crippen LogP contribution in [0.4, 0.5) is 5.69 Å². The monoisotopic (exact) mass is 601 g/mol. The number of rotatable bonds is 10. The van der Waals surface area contributed by atoms with Crippen LogP contribution >= 0.6 is 12.4 Å². The van der Waals surface area contributed by atoms with E-state index >= 15 is 0 Å². The predicted octanol–water partition coefficient (Wildman–Crippen LogP) is 5.74. The van der Waals surface area contributed by atoms with E-state index in [9.17, 15) is 14.7 Å². The zero-order valence-corrected chi connectivity index (χ0v) is 25.7. The van der Waals surface area contributed by atoms with Crippen LogP contribution in [0.5, 0.6) is 0 Å². The van der Waals surface area contributed by atoms with Gasteiger partial charge in [0.15, 0.2) is 0 Å². The minimum atomic E-state index is -0.760. The highest BCUT2D eigenvalue weighted by Gasteiger charge is 2.28. The molecule has 2 amide bonds. The molecule has 2 aliphatic carbocycles. The number of amides is 2. The summed E-state index contributed by atoms with van der Waals surface area (Å²) in [6.07, 6.45) is 8.82. The van der Waals surface area contributed by atoms with Crippen molar-refractivity contribution in [2.24, 2.45) is 0 Å². The Morgan fingerprint density at radius 1 is 0.907 bits per heavy atom. The van der Waals surface area contributed by atoms with E-state index in [0.717, 1.165) is 55.3 Å². The molecular weight excluding hydrogens is 558 g/mol. The fraction of sp³-hybridized carbons (Fsp3) is 0.444. The molecule has 7 heteroatoms. The van der Waals surface area contributed by atoms with E-state index in [1.165, 1.54) is 24.0 Å².